The van der Waals surface area contributed by atoms with E-state index in [1.54, 1.807) is 12.1 Å². The minimum atomic E-state index is -0.246. The molecule has 1 aliphatic heterocycles. The van der Waals surface area contributed by atoms with E-state index in [2.05, 4.69) is 26.0 Å². The normalized spacial score (nSPS) is 23.6. The summed E-state index contributed by atoms with van der Waals surface area (Å²) < 4.78 is 6.14. The molecule has 4 nitrogen and oxygen atoms in total. The first-order valence-corrected chi connectivity index (χ1v) is 10.3. The molecule has 0 bridgehead atoms. The first kappa shape index (κ1) is 19.4. The van der Waals surface area contributed by atoms with Gasteiger partial charge in [-0.1, -0.05) is 45.1 Å². The van der Waals surface area contributed by atoms with Crippen LogP contribution in [0.2, 0.25) is 0 Å². The lowest BCUT2D eigenvalue weighted by Gasteiger charge is -2.22. The molecule has 1 fully saturated rings. The number of rotatable bonds is 4. The Morgan fingerprint density at radius 3 is 2.41 bits per heavy atom. The number of fused-ring (bicyclic) bond motifs is 1. The van der Waals surface area contributed by atoms with Gasteiger partial charge in [0, 0.05) is 0 Å². The van der Waals surface area contributed by atoms with Gasteiger partial charge in [-0.25, -0.2) is 0 Å². The van der Waals surface area contributed by atoms with Gasteiger partial charge in [-0.05, 0) is 66.6 Å². The lowest BCUT2D eigenvalue weighted by Crippen LogP contribution is -2.31. The summed E-state index contributed by atoms with van der Waals surface area (Å²) in [5, 5.41) is 0. The number of imide groups is 1. The lowest BCUT2D eigenvalue weighted by atomic mass is 9.78. The summed E-state index contributed by atoms with van der Waals surface area (Å²) >= 11 is 0. The zero-order chi connectivity index (χ0) is 20.7. The van der Waals surface area contributed by atoms with Crippen LogP contribution < -0.4 is 9.64 Å². The molecule has 1 heterocycles. The van der Waals surface area contributed by atoms with Crippen LogP contribution in [0.5, 0.6) is 11.5 Å². The number of hydrogen-bond acceptors (Lipinski definition) is 3. The molecule has 2 amide bonds. The number of anilines is 1. The van der Waals surface area contributed by atoms with Gasteiger partial charge in [0.05, 0.1) is 17.5 Å². The zero-order valence-electron chi connectivity index (χ0n) is 17.4. The average molecular weight is 389 g/mol. The third-order valence-corrected chi connectivity index (χ3v) is 5.99. The first-order chi connectivity index (χ1) is 13.9. The number of aryl methyl sites for hydroxylation is 1. The topological polar surface area (TPSA) is 46.6 Å². The number of hydrogen-bond donors (Lipinski definition) is 0. The van der Waals surface area contributed by atoms with Crippen molar-refractivity contribution in [2.24, 2.45) is 17.8 Å². The fraction of sp³-hybridized carbons (Fsp3) is 0.360. The monoisotopic (exact) mass is 389 g/mol. The highest BCUT2D eigenvalue weighted by Crippen LogP contribution is 2.41. The number of carbonyl (C=O) groups is 2. The smallest absolute Gasteiger partial charge is 0.238 e. The average Bonchev–Trinajstić information content (AvgIpc) is 2.94. The molecule has 3 atom stereocenters. The van der Waals surface area contributed by atoms with Crippen molar-refractivity contribution in [1.82, 2.24) is 0 Å². The van der Waals surface area contributed by atoms with Gasteiger partial charge in [0.25, 0.3) is 0 Å². The first-order valence-electron chi connectivity index (χ1n) is 10.3. The van der Waals surface area contributed by atoms with Crippen molar-refractivity contribution in [2.75, 3.05) is 4.90 Å². The van der Waals surface area contributed by atoms with Crippen LogP contribution in [-0.2, 0) is 9.59 Å². The SMILES string of the molecule is Cc1ccc(C(C)C)c(Oc2ccc(N3C(=O)[C@@H]4[C@H](C)C=CC[C@H]4C3=O)cc2)c1. The van der Waals surface area contributed by atoms with E-state index < -0.39 is 0 Å². The Bertz CT molecular complexity index is 974. The molecule has 2 aliphatic rings. The van der Waals surface area contributed by atoms with Crippen LogP contribution in [0.3, 0.4) is 0 Å². The van der Waals surface area contributed by atoms with Gasteiger partial charge in [-0.2, -0.15) is 0 Å². The van der Waals surface area contributed by atoms with Gasteiger partial charge >= 0.3 is 0 Å². The van der Waals surface area contributed by atoms with E-state index in [9.17, 15) is 9.59 Å². The summed E-state index contributed by atoms with van der Waals surface area (Å²) in [6, 6.07) is 13.5. The van der Waals surface area contributed by atoms with Crippen molar-refractivity contribution in [3.05, 3.63) is 65.7 Å². The van der Waals surface area contributed by atoms with E-state index in [1.807, 2.05) is 44.2 Å². The molecular weight excluding hydrogens is 362 g/mol. The predicted molar refractivity (Wildman–Crippen MR) is 114 cm³/mol. The molecule has 150 valence electrons. The van der Waals surface area contributed by atoms with Gasteiger partial charge in [0.2, 0.25) is 11.8 Å². The van der Waals surface area contributed by atoms with Crippen molar-refractivity contribution in [3.8, 4) is 11.5 Å². The number of allylic oxidation sites excluding steroid dienone is 2. The molecule has 0 spiro atoms. The Morgan fingerprint density at radius 2 is 1.76 bits per heavy atom. The van der Waals surface area contributed by atoms with Crippen LogP contribution >= 0.6 is 0 Å². The van der Waals surface area contributed by atoms with Crippen molar-refractivity contribution >= 4 is 17.5 Å². The van der Waals surface area contributed by atoms with E-state index in [4.69, 9.17) is 4.74 Å². The van der Waals surface area contributed by atoms with Gasteiger partial charge in [-0.3, -0.25) is 14.5 Å². The second-order valence-electron chi connectivity index (χ2n) is 8.46. The highest BCUT2D eigenvalue weighted by molar-refractivity contribution is 6.22. The number of benzene rings is 2. The van der Waals surface area contributed by atoms with E-state index in [0.29, 0.717) is 23.8 Å². The Labute approximate surface area is 172 Å². The lowest BCUT2D eigenvalue weighted by molar-refractivity contribution is -0.122. The fourth-order valence-electron chi connectivity index (χ4n) is 4.40. The summed E-state index contributed by atoms with van der Waals surface area (Å²) in [4.78, 5) is 27.2. The minimum Gasteiger partial charge on any atom is -0.457 e. The largest absolute Gasteiger partial charge is 0.457 e. The third kappa shape index (κ3) is 3.48. The minimum absolute atomic E-state index is 0.0913. The molecule has 2 aromatic carbocycles. The maximum Gasteiger partial charge on any atom is 0.238 e. The molecule has 0 radical (unpaired) electrons. The van der Waals surface area contributed by atoms with Gasteiger partial charge in [-0.15, -0.1) is 0 Å². The Morgan fingerprint density at radius 1 is 1.03 bits per heavy atom. The summed E-state index contributed by atoms with van der Waals surface area (Å²) in [7, 11) is 0. The van der Waals surface area contributed by atoms with Gasteiger partial charge in [0.1, 0.15) is 11.5 Å². The van der Waals surface area contributed by atoms with E-state index in [0.717, 1.165) is 16.9 Å². The van der Waals surface area contributed by atoms with Gasteiger partial charge in [0.15, 0.2) is 0 Å². The van der Waals surface area contributed by atoms with E-state index >= 15 is 0 Å². The van der Waals surface area contributed by atoms with Crippen molar-refractivity contribution < 1.29 is 14.3 Å². The van der Waals surface area contributed by atoms with Crippen LogP contribution in [-0.4, -0.2) is 11.8 Å². The van der Waals surface area contributed by atoms with Crippen LogP contribution in [0.15, 0.2) is 54.6 Å². The maximum atomic E-state index is 12.9. The Balaban J connectivity index is 1.57. The maximum absolute atomic E-state index is 12.9. The second-order valence-corrected chi connectivity index (χ2v) is 8.46. The number of amides is 2. The fourth-order valence-corrected chi connectivity index (χ4v) is 4.40. The number of carbonyl (C=O) groups excluding carboxylic acids is 2. The van der Waals surface area contributed by atoms with Crippen LogP contribution in [0.1, 0.15) is 44.2 Å². The van der Waals surface area contributed by atoms with Gasteiger partial charge < -0.3 is 4.74 Å². The number of ether oxygens (including phenoxy) is 1. The zero-order valence-corrected chi connectivity index (χ0v) is 17.4. The number of nitrogens with zero attached hydrogens (tertiary/aromatic N) is 1. The molecule has 0 saturated carbocycles. The van der Waals surface area contributed by atoms with Crippen LogP contribution in [0, 0.1) is 24.7 Å². The molecule has 1 saturated heterocycles. The van der Waals surface area contributed by atoms with E-state index in [-0.39, 0.29) is 29.6 Å². The predicted octanol–water partition coefficient (Wildman–Crippen LogP) is 5.61. The second kappa shape index (κ2) is 7.51. The molecule has 4 heteroatoms. The highest BCUT2D eigenvalue weighted by atomic mass is 16.5. The van der Waals surface area contributed by atoms with Crippen LogP contribution in [0.4, 0.5) is 5.69 Å². The Hall–Kier alpha value is -2.88. The van der Waals surface area contributed by atoms with Crippen molar-refractivity contribution in [1.29, 1.82) is 0 Å². The molecule has 0 aromatic heterocycles. The molecule has 1 aliphatic carbocycles. The summed E-state index contributed by atoms with van der Waals surface area (Å²) in [6.07, 6.45) is 4.70. The molecule has 29 heavy (non-hydrogen) atoms. The molecule has 0 unspecified atom stereocenters. The third-order valence-electron chi connectivity index (χ3n) is 5.99. The molecule has 0 N–H and O–H groups in total. The molecule has 2 aromatic rings. The standard InChI is InChI=1S/C25H27NO3/c1-15(2)20-13-8-16(3)14-22(20)29-19-11-9-18(10-12-19)26-24(27)21-7-5-6-17(4)23(21)25(26)28/h5-6,8-15,17,21,23H,7H2,1-4H3/t17-,21-,23-/m1/s1. The summed E-state index contributed by atoms with van der Waals surface area (Å²) in [6.45, 7) is 8.33. The van der Waals surface area contributed by atoms with E-state index in [1.165, 1.54) is 4.90 Å². The van der Waals surface area contributed by atoms with Crippen molar-refractivity contribution in [2.45, 2.75) is 40.0 Å². The highest BCUT2D eigenvalue weighted by Gasteiger charge is 2.50. The molecular formula is C25H27NO3. The quantitative estimate of drug-likeness (QED) is 0.504. The summed E-state index contributed by atoms with van der Waals surface area (Å²) in [5.41, 5.74) is 2.90. The summed E-state index contributed by atoms with van der Waals surface area (Å²) in [5.74, 6) is 1.30. The Kier molecular flexibility index (Phi) is 5.03. The molecule has 4 rings (SSSR count). The van der Waals surface area contributed by atoms with Crippen LogP contribution in [0.25, 0.3) is 0 Å². The van der Waals surface area contributed by atoms with Crippen molar-refractivity contribution in [3.63, 3.8) is 0 Å².